The van der Waals surface area contributed by atoms with Crippen LogP contribution in [-0.2, 0) is 0 Å². The monoisotopic (exact) mass is 438 g/mol. The topological polar surface area (TPSA) is 141 Å². The minimum Gasteiger partial charge on any atom is -0.349 e. The molecule has 0 aliphatic carbocycles. The van der Waals surface area contributed by atoms with Gasteiger partial charge in [0.25, 0.3) is 17.4 Å². The summed E-state index contributed by atoms with van der Waals surface area (Å²) >= 11 is 0. The first-order chi connectivity index (χ1) is 15.4. The van der Waals surface area contributed by atoms with Gasteiger partial charge in [0.1, 0.15) is 22.7 Å². The molecule has 0 unspecified atom stereocenters. The van der Waals surface area contributed by atoms with E-state index in [4.69, 9.17) is 0 Å². The second-order valence-electron chi connectivity index (χ2n) is 7.81. The van der Waals surface area contributed by atoms with E-state index in [2.05, 4.69) is 30.8 Å². The van der Waals surface area contributed by atoms with E-state index in [-0.39, 0.29) is 42.2 Å². The van der Waals surface area contributed by atoms with Crippen molar-refractivity contribution in [1.82, 2.24) is 40.2 Å². The third-order valence-corrected chi connectivity index (χ3v) is 5.51. The fraction of sp³-hybridized carbons (Fsp3) is 0.300. The van der Waals surface area contributed by atoms with Crippen molar-refractivity contribution in [3.8, 4) is 0 Å². The average molecular weight is 438 g/mol. The highest BCUT2D eigenvalue weighted by Gasteiger charge is 2.36. The Balaban J connectivity index is 1.31. The molecular formula is C20H19FN8O3. The molecule has 2 amide bonds. The number of H-pyrrole nitrogens is 2. The molecule has 1 aromatic carbocycles. The maximum absolute atomic E-state index is 14.2. The molecule has 1 saturated heterocycles. The van der Waals surface area contributed by atoms with E-state index >= 15 is 0 Å². The van der Waals surface area contributed by atoms with Gasteiger partial charge < -0.3 is 15.2 Å². The first-order valence-electron chi connectivity index (χ1n) is 10.0. The molecule has 4 heterocycles. The molecule has 1 fully saturated rings. The largest absolute Gasteiger partial charge is 0.349 e. The van der Waals surface area contributed by atoms with Gasteiger partial charge in [-0.3, -0.25) is 14.4 Å². The third kappa shape index (κ3) is 3.49. The number of hydrogen-bond acceptors (Lipinski definition) is 6. The minimum atomic E-state index is -1.19. The molecule has 0 bridgehead atoms. The maximum atomic E-state index is 14.2. The van der Waals surface area contributed by atoms with Crippen LogP contribution < -0.4 is 10.9 Å². The second kappa shape index (κ2) is 7.55. The van der Waals surface area contributed by atoms with E-state index in [1.807, 2.05) is 0 Å². The highest BCUT2D eigenvalue weighted by atomic mass is 19.1. The standard InChI is InChI=1S/C20H19FN8O3/c1-10-8-29-17(19(31)23-10)6-16(26-29)18(30)22-7-13-5-12(21)9-28(13)20(32)11-2-3-14-15(4-11)25-27-24-14/h2-4,6,8,12-13H,5,7,9H2,1H3,(H,22,30)(H,23,31)(H,24,25,27)/t12-,13-/m0/s1. The number of hydrogen-bond donors (Lipinski definition) is 3. The Morgan fingerprint density at radius 3 is 2.91 bits per heavy atom. The summed E-state index contributed by atoms with van der Waals surface area (Å²) in [4.78, 5) is 41.7. The molecule has 3 aromatic heterocycles. The summed E-state index contributed by atoms with van der Waals surface area (Å²) in [6.07, 6.45) is 0.528. The zero-order valence-corrected chi connectivity index (χ0v) is 17.0. The van der Waals surface area contributed by atoms with Crippen LogP contribution in [0.4, 0.5) is 4.39 Å². The van der Waals surface area contributed by atoms with E-state index < -0.39 is 18.1 Å². The fourth-order valence-corrected chi connectivity index (χ4v) is 3.97. The van der Waals surface area contributed by atoms with Crippen LogP contribution in [0.3, 0.4) is 0 Å². The van der Waals surface area contributed by atoms with Crippen LogP contribution in [0.1, 0.15) is 33.0 Å². The van der Waals surface area contributed by atoms with E-state index in [0.29, 0.717) is 22.3 Å². The number of aromatic amines is 2. The van der Waals surface area contributed by atoms with Crippen molar-refractivity contribution in [1.29, 1.82) is 0 Å². The van der Waals surface area contributed by atoms with Crippen LogP contribution in [0.15, 0.2) is 35.3 Å². The van der Waals surface area contributed by atoms with Gasteiger partial charge in [-0.25, -0.2) is 8.91 Å². The van der Waals surface area contributed by atoms with E-state index in [9.17, 15) is 18.8 Å². The Hall–Kier alpha value is -4.09. The first kappa shape index (κ1) is 19.8. The number of aromatic nitrogens is 6. The molecule has 12 heteroatoms. The number of amides is 2. The van der Waals surface area contributed by atoms with Crippen molar-refractivity contribution in [2.24, 2.45) is 0 Å². The third-order valence-electron chi connectivity index (χ3n) is 5.51. The number of carbonyl (C=O) groups is 2. The Bertz CT molecular complexity index is 1410. The van der Waals surface area contributed by atoms with Gasteiger partial charge in [0.15, 0.2) is 5.69 Å². The van der Waals surface area contributed by atoms with Crippen LogP contribution >= 0.6 is 0 Å². The molecule has 4 aromatic rings. The van der Waals surface area contributed by atoms with Crippen molar-refractivity contribution in [2.45, 2.75) is 25.6 Å². The molecule has 32 heavy (non-hydrogen) atoms. The molecule has 0 saturated carbocycles. The number of aryl methyl sites for hydroxylation is 1. The lowest BCUT2D eigenvalue weighted by Gasteiger charge is -2.24. The van der Waals surface area contributed by atoms with E-state index in [0.717, 1.165) is 0 Å². The van der Waals surface area contributed by atoms with Crippen molar-refractivity contribution in [3.05, 3.63) is 57.8 Å². The van der Waals surface area contributed by atoms with Crippen LogP contribution in [0.25, 0.3) is 16.6 Å². The number of benzene rings is 1. The molecule has 5 rings (SSSR count). The lowest BCUT2D eigenvalue weighted by molar-refractivity contribution is 0.0718. The smallest absolute Gasteiger partial charge is 0.274 e. The number of nitrogens with one attached hydrogen (secondary N) is 3. The summed E-state index contributed by atoms with van der Waals surface area (Å²) < 4.78 is 15.5. The van der Waals surface area contributed by atoms with Gasteiger partial charge in [0.05, 0.1) is 12.6 Å². The molecule has 2 atom stereocenters. The highest BCUT2D eigenvalue weighted by molar-refractivity contribution is 5.98. The summed E-state index contributed by atoms with van der Waals surface area (Å²) in [5, 5.41) is 17.3. The fourth-order valence-electron chi connectivity index (χ4n) is 3.97. The van der Waals surface area contributed by atoms with Crippen LogP contribution in [-0.4, -0.2) is 72.0 Å². The van der Waals surface area contributed by atoms with Crippen LogP contribution in [0.5, 0.6) is 0 Å². The van der Waals surface area contributed by atoms with Gasteiger partial charge >= 0.3 is 0 Å². The SMILES string of the molecule is Cc1cn2nc(C(=O)NC[C@@H]3C[C@H](F)CN3C(=O)c3ccc4n[nH]nc4c3)cc2c(=O)[nH]1. The van der Waals surface area contributed by atoms with Crippen LogP contribution in [0.2, 0.25) is 0 Å². The Labute approximate surface area is 179 Å². The van der Waals surface area contributed by atoms with Gasteiger partial charge in [-0.15, -0.1) is 0 Å². The molecule has 0 radical (unpaired) electrons. The van der Waals surface area contributed by atoms with Gasteiger partial charge in [0, 0.05) is 36.5 Å². The molecular weight excluding hydrogens is 419 g/mol. The lowest BCUT2D eigenvalue weighted by atomic mass is 10.1. The Morgan fingerprint density at radius 1 is 1.25 bits per heavy atom. The Morgan fingerprint density at radius 2 is 2.06 bits per heavy atom. The predicted molar refractivity (Wildman–Crippen MR) is 111 cm³/mol. The number of rotatable bonds is 4. The molecule has 164 valence electrons. The molecule has 11 nitrogen and oxygen atoms in total. The molecule has 1 aliphatic heterocycles. The zero-order chi connectivity index (χ0) is 22.4. The van der Waals surface area contributed by atoms with Gasteiger partial charge in [-0.2, -0.15) is 20.5 Å². The summed E-state index contributed by atoms with van der Waals surface area (Å²) in [7, 11) is 0. The van der Waals surface area contributed by atoms with Gasteiger partial charge in [-0.1, -0.05) is 0 Å². The summed E-state index contributed by atoms with van der Waals surface area (Å²) in [6, 6.07) is 5.75. The number of nitrogens with zero attached hydrogens (tertiary/aromatic N) is 5. The number of carbonyl (C=O) groups excluding carboxylic acids is 2. The quantitative estimate of drug-likeness (QED) is 0.426. The number of halogens is 1. The van der Waals surface area contributed by atoms with Crippen LogP contribution in [0, 0.1) is 6.92 Å². The first-order valence-corrected chi connectivity index (χ1v) is 10.0. The number of alkyl halides is 1. The molecule has 3 N–H and O–H groups in total. The van der Waals surface area contributed by atoms with Crippen molar-refractivity contribution in [3.63, 3.8) is 0 Å². The number of fused-ring (bicyclic) bond motifs is 2. The van der Waals surface area contributed by atoms with Gasteiger partial charge in [-0.05, 0) is 25.1 Å². The van der Waals surface area contributed by atoms with Crippen molar-refractivity contribution >= 4 is 28.4 Å². The lowest BCUT2D eigenvalue weighted by Crippen LogP contribution is -2.43. The Kier molecular flexibility index (Phi) is 4.68. The minimum absolute atomic E-state index is 0.0560. The number of likely N-dealkylation sites (tertiary alicyclic amines) is 1. The predicted octanol–water partition coefficient (Wildman–Crippen LogP) is 0.585. The zero-order valence-electron chi connectivity index (χ0n) is 17.0. The second-order valence-corrected chi connectivity index (χ2v) is 7.81. The summed E-state index contributed by atoms with van der Waals surface area (Å²) in [5.41, 5.74) is 2.08. The highest BCUT2D eigenvalue weighted by Crippen LogP contribution is 2.23. The summed E-state index contributed by atoms with van der Waals surface area (Å²) in [5.74, 6) is -0.853. The summed E-state index contributed by atoms with van der Waals surface area (Å²) in [6.45, 7) is 1.71. The van der Waals surface area contributed by atoms with E-state index in [1.54, 1.807) is 31.3 Å². The molecule has 1 aliphatic rings. The van der Waals surface area contributed by atoms with E-state index in [1.165, 1.54) is 15.5 Å². The normalized spacial score (nSPS) is 18.5. The average Bonchev–Trinajstić information content (AvgIpc) is 3.48. The van der Waals surface area contributed by atoms with Gasteiger partial charge in [0.2, 0.25) is 0 Å². The van der Waals surface area contributed by atoms with Crippen molar-refractivity contribution < 1.29 is 14.0 Å². The molecule has 0 spiro atoms. The van der Waals surface area contributed by atoms with Crippen molar-refractivity contribution in [2.75, 3.05) is 13.1 Å². The maximum Gasteiger partial charge on any atom is 0.274 e.